The second kappa shape index (κ2) is 7.19. The molecule has 140 valence electrons. The van der Waals surface area contributed by atoms with E-state index in [9.17, 15) is 9.59 Å². The van der Waals surface area contributed by atoms with Crippen molar-refractivity contribution < 1.29 is 19.1 Å². The van der Waals surface area contributed by atoms with Gasteiger partial charge in [-0.1, -0.05) is 6.07 Å². The molecule has 1 aromatic carbocycles. The van der Waals surface area contributed by atoms with E-state index in [1.54, 1.807) is 24.3 Å². The van der Waals surface area contributed by atoms with Gasteiger partial charge in [-0.2, -0.15) is 0 Å². The molecule has 0 unspecified atom stereocenters. The normalized spacial score (nSPS) is 15.7. The third kappa shape index (κ3) is 3.49. The van der Waals surface area contributed by atoms with Crippen molar-refractivity contribution in [2.45, 2.75) is 13.0 Å². The van der Waals surface area contributed by atoms with Crippen LogP contribution in [0.2, 0.25) is 0 Å². The Morgan fingerprint density at radius 3 is 3.00 bits per heavy atom. The fraction of sp³-hybridized carbons (Fsp3) is 0.316. The van der Waals surface area contributed by atoms with E-state index in [0.29, 0.717) is 24.7 Å². The lowest BCUT2D eigenvalue weighted by Crippen LogP contribution is -2.47. The number of fused-ring (bicyclic) bond motifs is 2. The van der Waals surface area contributed by atoms with Crippen LogP contribution in [0.15, 0.2) is 34.9 Å². The van der Waals surface area contributed by atoms with E-state index in [4.69, 9.17) is 9.47 Å². The first-order valence-corrected chi connectivity index (χ1v) is 9.36. The number of carbonyl (C=O) groups excluding carboxylic acids is 2. The number of hydrogen-bond acceptors (Lipinski definition) is 5. The summed E-state index contributed by atoms with van der Waals surface area (Å²) >= 11 is 3.33. The van der Waals surface area contributed by atoms with Crippen molar-refractivity contribution in [2.24, 2.45) is 0 Å². The molecule has 0 fully saturated rings. The van der Waals surface area contributed by atoms with Gasteiger partial charge in [0.05, 0.1) is 7.11 Å². The summed E-state index contributed by atoms with van der Waals surface area (Å²) in [5, 5.41) is 0. The summed E-state index contributed by atoms with van der Waals surface area (Å²) < 4.78 is 11.5. The van der Waals surface area contributed by atoms with E-state index in [-0.39, 0.29) is 25.0 Å². The van der Waals surface area contributed by atoms with Crippen molar-refractivity contribution in [1.82, 2.24) is 9.88 Å². The van der Waals surface area contributed by atoms with Crippen LogP contribution >= 0.6 is 15.9 Å². The van der Waals surface area contributed by atoms with Gasteiger partial charge in [0, 0.05) is 23.8 Å². The van der Waals surface area contributed by atoms with Crippen LogP contribution in [0.4, 0.5) is 5.82 Å². The average molecular weight is 432 g/mol. The number of hydrogen-bond donors (Lipinski definition) is 0. The molecule has 0 spiro atoms. The fourth-order valence-electron chi connectivity index (χ4n) is 3.33. The minimum Gasteiger partial charge on any atom is -0.497 e. The highest BCUT2D eigenvalue weighted by atomic mass is 79.9. The third-order valence-electron chi connectivity index (χ3n) is 4.78. The van der Waals surface area contributed by atoms with Gasteiger partial charge in [-0.3, -0.25) is 14.5 Å². The zero-order valence-corrected chi connectivity index (χ0v) is 16.4. The van der Waals surface area contributed by atoms with Gasteiger partial charge < -0.3 is 14.4 Å². The minimum atomic E-state index is -0.273. The van der Waals surface area contributed by atoms with Crippen LogP contribution in [0, 0.1) is 0 Å². The van der Waals surface area contributed by atoms with E-state index < -0.39 is 0 Å². The monoisotopic (exact) mass is 431 g/mol. The Kier molecular flexibility index (Phi) is 4.73. The Morgan fingerprint density at radius 2 is 2.19 bits per heavy atom. The first-order chi connectivity index (χ1) is 13.0. The molecule has 2 amide bonds. The predicted octanol–water partition coefficient (Wildman–Crippen LogP) is 2.16. The number of halogens is 1. The number of methoxy groups -OCH3 is 1. The maximum Gasteiger partial charge on any atom is 0.266 e. The van der Waals surface area contributed by atoms with Crippen LogP contribution in [-0.4, -0.2) is 48.5 Å². The second-order valence-electron chi connectivity index (χ2n) is 6.44. The van der Waals surface area contributed by atoms with Crippen LogP contribution in [0.1, 0.15) is 11.1 Å². The molecule has 0 N–H and O–H groups in total. The quantitative estimate of drug-likeness (QED) is 0.744. The molecule has 1 aromatic heterocycles. The van der Waals surface area contributed by atoms with Gasteiger partial charge in [-0.15, -0.1) is 0 Å². The summed E-state index contributed by atoms with van der Waals surface area (Å²) in [4.78, 5) is 32.6. The van der Waals surface area contributed by atoms with Crippen molar-refractivity contribution in [2.75, 3.05) is 31.7 Å². The molecule has 8 heteroatoms. The number of aromatic nitrogens is 1. The van der Waals surface area contributed by atoms with Crippen LogP contribution in [0.5, 0.6) is 11.5 Å². The van der Waals surface area contributed by atoms with E-state index in [2.05, 4.69) is 20.9 Å². The molecule has 2 aliphatic heterocycles. The van der Waals surface area contributed by atoms with Crippen molar-refractivity contribution in [3.8, 4) is 11.5 Å². The highest BCUT2D eigenvalue weighted by Crippen LogP contribution is 2.32. The van der Waals surface area contributed by atoms with E-state index in [1.807, 2.05) is 18.2 Å². The van der Waals surface area contributed by atoms with Crippen molar-refractivity contribution >= 4 is 33.6 Å². The lowest BCUT2D eigenvalue weighted by Gasteiger charge is -2.33. The standard InChI is InChI=1S/C19H18BrN3O4/c1-26-15-3-2-12-4-5-22(9-13(12)6-15)17(24)10-23-18(25)11-27-16-7-14(20)8-21-19(16)23/h2-3,6-8H,4-5,9-11H2,1H3. The molecule has 7 nitrogen and oxygen atoms in total. The molecule has 2 aliphatic rings. The average Bonchev–Trinajstić information content (AvgIpc) is 2.69. The van der Waals surface area contributed by atoms with Gasteiger partial charge in [0.25, 0.3) is 5.91 Å². The predicted molar refractivity (Wildman–Crippen MR) is 102 cm³/mol. The molecular formula is C19H18BrN3O4. The molecule has 0 bridgehead atoms. The fourth-order valence-corrected chi connectivity index (χ4v) is 3.64. The maximum atomic E-state index is 12.9. The van der Waals surface area contributed by atoms with E-state index in [1.165, 1.54) is 10.5 Å². The van der Waals surface area contributed by atoms with Gasteiger partial charge in [-0.05, 0) is 51.7 Å². The van der Waals surface area contributed by atoms with Crippen LogP contribution in [0.3, 0.4) is 0 Å². The molecule has 3 heterocycles. The second-order valence-corrected chi connectivity index (χ2v) is 7.36. The molecule has 0 aliphatic carbocycles. The minimum absolute atomic E-state index is 0.0525. The SMILES string of the molecule is COc1ccc2c(c1)CN(C(=O)CN1C(=O)COc3cc(Br)cnc31)CC2. The molecule has 0 radical (unpaired) electrons. The Hall–Kier alpha value is -2.61. The van der Waals surface area contributed by atoms with Gasteiger partial charge >= 0.3 is 0 Å². The number of rotatable bonds is 3. The van der Waals surface area contributed by atoms with E-state index >= 15 is 0 Å². The third-order valence-corrected chi connectivity index (χ3v) is 5.21. The Labute approximate surface area is 165 Å². The van der Waals surface area contributed by atoms with Crippen LogP contribution in [-0.2, 0) is 22.6 Å². The zero-order valence-electron chi connectivity index (χ0n) is 14.8. The molecule has 4 rings (SSSR count). The van der Waals surface area contributed by atoms with E-state index in [0.717, 1.165) is 22.2 Å². The largest absolute Gasteiger partial charge is 0.497 e. The Bertz CT molecular complexity index is 918. The smallest absolute Gasteiger partial charge is 0.266 e. The number of pyridine rings is 1. The van der Waals surface area contributed by atoms with Crippen molar-refractivity contribution in [3.05, 3.63) is 46.1 Å². The number of nitrogens with zero attached hydrogens (tertiary/aromatic N) is 3. The summed E-state index contributed by atoms with van der Waals surface area (Å²) in [7, 11) is 1.63. The Balaban J connectivity index is 1.52. The van der Waals surface area contributed by atoms with Crippen molar-refractivity contribution in [1.29, 1.82) is 0 Å². The summed E-state index contributed by atoms with van der Waals surface area (Å²) in [5.74, 6) is 1.25. The van der Waals surface area contributed by atoms with Crippen LogP contribution in [0.25, 0.3) is 0 Å². The molecule has 2 aromatic rings. The lowest BCUT2D eigenvalue weighted by atomic mass is 9.99. The lowest BCUT2D eigenvalue weighted by molar-refractivity contribution is -0.132. The van der Waals surface area contributed by atoms with Crippen molar-refractivity contribution in [3.63, 3.8) is 0 Å². The van der Waals surface area contributed by atoms with Gasteiger partial charge in [-0.25, -0.2) is 4.98 Å². The van der Waals surface area contributed by atoms with Gasteiger partial charge in [0.15, 0.2) is 18.2 Å². The molecule has 27 heavy (non-hydrogen) atoms. The van der Waals surface area contributed by atoms with Crippen LogP contribution < -0.4 is 14.4 Å². The number of benzene rings is 1. The summed E-state index contributed by atoms with van der Waals surface area (Å²) in [5.41, 5.74) is 2.30. The topological polar surface area (TPSA) is 72.0 Å². The zero-order chi connectivity index (χ0) is 19.0. The highest BCUT2D eigenvalue weighted by molar-refractivity contribution is 9.10. The number of ether oxygens (including phenoxy) is 2. The number of carbonyl (C=O) groups is 2. The summed E-state index contributed by atoms with van der Waals surface area (Å²) in [6, 6.07) is 7.68. The van der Waals surface area contributed by atoms with Gasteiger partial charge in [0.1, 0.15) is 12.3 Å². The highest BCUT2D eigenvalue weighted by Gasteiger charge is 2.31. The Morgan fingerprint density at radius 1 is 1.33 bits per heavy atom. The summed E-state index contributed by atoms with van der Waals surface area (Å²) in [6.45, 7) is 0.976. The van der Waals surface area contributed by atoms with Gasteiger partial charge in [0.2, 0.25) is 5.91 Å². The molecular weight excluding hydrogens is 414 g/mol. The molecule has 0 atom stereocenters. The number of amides is 2. The maximum absolute atomic E-state index is 12.9. The first kappa shape index (κ1) is 17.8. The summed E-state index contributed by atoms with van der Waals surface area (Å²) in [6.07, 6.45) is 2.37. The number of anilines is 1. The molecule has 0 saturated heterocycles. The first-order valence-electron chi connectivity index (χ1n) is 8.57. The molecule has 0 saturated carbocycles.